The number of hydrogen-bond donors (Lipinski definition) is 2. The molecule has 0 aliphatic rings. The Hall–Kier alpha value is -0.810. The summed E-state index contributed by atoms with van der Waals surface area (Å²) in [5.41, 5.74) is 10.4. The molecular formula is C4H4ClN3OS. The Morgan fingerprint density at radius 1 is 1.70 bits per heavy atom. The lowest BCUT2D eigenvalue weighted by molar-refractivity contribution is 0.100. The van der Waals surface area contributed by atoms with Crippen LogP contribution in [-0.2, 0) is 0 Å². The van der Waals surface area contributed by atoms with Gasteiger partial charge in [-0.25, -0.2) is 0 Å². The molecule has 0 bridgehead atoms. The lowest BCUT2D eigenvalue weighted by atomic mass is 10.3. The van der Waals surface area contributed by atoms with Crippen LogP contribution in [0.25, 0.3) is 0 Å². The molecule has 1 aromatic heterocycles. The maximum Gasteiger partial charge on any atom is 0.254 e. The monoisotopic (exact) mass is 177 g/mol. The Kier molecular flexibility index (Phi) is 1.78. The zero-order chi connectivity index (χ0) is 7.72. The van der Waals surface area contributed by atoms with E-state index in [9.17, 15) is 4.79 Å². The van der Waals surface area contributed by atoms with Crippen LogP contribution in [0.2, 0.25) is 5.15 Å². The van der Waals surface area contributed by atoms with E-state index < -0.39 is 5.91 Å². The minimum Gasteiger partial charge on any atom is -0.389 e. The number of carbonyl (C=O) groups excluding carboxylic acids is 1. The molecule has 1 amide bonds. The standard InChI is InChI=1S/C4H4ClN3OS/c5-2-1(3(6)9)4(7)10-8-2/h7H2,(H2,6,9). The molecule has 0 radical (unpaired) electrons. The molecule has 10 heavy (non-hydrogen) atoms. The van der Waals surface area contributed by atoms with Gasteiger partial charge in [-0.2, -0.15) is 4.37 Å². The molecule has 0 atom stereocenters. The van der Waals surface area contributed by atoms with Gasteiger partial charge in [-0.05, 0) is 11.5 Å². The Morgan fingerprint density at radius 3 is 2.50 bits per heavy atom. The van der Waals surface area contributed by atoms with Gasteiger partial charge in [0.25, 0.3) is 5.91 Å². The summed E-state index contributed by atoms with van der Waals surface area (Å²) >= 11 is 6.41. The van der Waals surface area contributed by atoms with Crippen LogP contribution < -0.4 is 11.5 Å². The molecular weight excluding hydrogens is 174 g/mol. The Morgan fingerprint density at radius 2 is 2.30 bits per heavy atom. The molecule has 1 aromatic rings. The lowest BCUT2D eigenvalue weighted by Crippen LogP contribution is -2.12. The van der Waals surface area contributed by atoms with Crippen molar-refractivity contribution < 1.29 is 4.79 Å². The van der Waals surface area contributed by atoms with E-state index in [1.165, 1.54) is 0 Å². The smallest absolute Gasteiger partial charge is 0.254 e. The number of primary amides is 1. The second-order valence-electron chi connectivity index (χ2n) is 1.58. The van der Waals surface area contributed by atoms with E-state index >= 15 is 0 Å². The Labute approximate surface area is 65.9 Å². The molecule has 0 aliphatic heterocycles. The SMILES string of the molecule is NC(=O)c1c(Cl)nsc1N. The highest BCUT2D eigenvalue weighted by Gasteiger charge is 2.13. The van der Waals surface area contributed by atoms with E-state index in [-0.39, 0.29) is 15.7 Å². The number of aromatic nitrogens is 1. The van der Waals surface area contributed by atoms with Gasteiger partial charge in [-0.15, -0.1) is 0 Å². The molecule has 0 saturated heterocycles. The summed E-state index contributed by atoms with van der Waals surface area (Å²) in [5.74, 6) is -0.642. The fourth-order valence-electron chi connectivity index (χ4n) is 0.505. The first-order chi connectivity index (χ1) is 4.63. The third-order valence-electron chi connectivity index (χ3n) is 0.923. The van der Waals surface area contributed by atoms with Crippen LogP contribution in [0, 0.1) is 0 Å². The molecule has 0 aliphatic carbocycles. The van der Waals surface area contributed by atoms with Crippen molar-refractivity contribution >= 4 is 34.0 Å². The molecule has 1 heterocycles. The summed E-state index contributed by atoms with van der Waals surface area (Å²) in [6.45, 7) is 0. The highest BCUT2D eigenvalue weighted by atomic mass is 35.5. The second-order valence-corrected chi connectivity index (χ2v) is 2.74. The molecule has 0 spiro atoms. The first-order valence-corrected chi connectivity index (χ1v) is 3.48. The normalized spacial score (nSPS) is 9.70. The van der Waals surface area contributed by atoms with Gasteiger partial charge in [-0.1, -0.05) is 11.6 Å². The molecule has 4 nitrogen and oxygen atoms in total. The van der Waals surface area contributed by atoms with E-state index in [1.807, 2.05) is 0 Å². The van der Waals surface area contributed by atoms with E-state index in [0.717, 1.165) is 11.5 Å². The van der Waals surface area contributed by atoms with Crippen molar-refractivity contribution in [3.63, 3.8) is 0 Å². The third kappa shape index (κ3) is 1.05. The van der Waals surface area contributed by atoms with E-state index in [0.29, 0.717) is 0 Å². The number of nitrogens with two attached hydrogens (primary N) is 2. The van der Waals surface area contributed by atoms with Crippen LogP contribution in [0.1, 0.15) is 10.4 Å². The van der Waals surface area contributed by atoms with Gasteiger partial charge >= 0.3 is 0 Å². The number of halogens is 1. The number of nitrogens with zero attached hydrogens (tertiary/aromatic N) is 1. The Balaban J connectivity index is 3.23. The predicted octanol–water partition coefficient (Wildman–Crippen LogP) is 0.478. The van der Waals surface area contributed by atoms with E-state index in [2.05, 4.69) is 4.37 Å². The molecule has 6 heteroatoms. The van der Waals surface area contributed by atoms with Gasteiger partial charge in [0.2, 0.25) is 0 Å². The average molecular weight is 178 g/mol. The predicted molar refractivity (Wildman–Crippen MR) is 40.1 cm³/mol. The molecule has 0 fully saturated rings. The van der Waals surface area contributed by atoms with Crippen LogP contribution in [0.3, 0.4) is 0 Å². The third-order valence-corrected chi connectivity index (χ3v) is 1.97. The molecule has 4 N–H and O–H groups in total. The number of anilines is 1. The van der Waals surface area contributed by atoms with Gasteiger partial charge in [0, 0.05) is 0 Å². The lowest BCUT2D eigenvalue weighted by Gasteiger charge is -1.89. The quantitative estimate of drug-likeness (QED) is 0.655. The van der Waals surface area contributed by atoms with Crippen molar-refractivity contribution in [2.24, 2.45) is 5.73 Å². The summed E-state index contributed by atoms with van der Waals surface area (Å²) in [7, 11) is 0. The fraction of sp³-hybridized carbons (Fsp3) is 0. The van der Waals surface area contributed by atoms with Crippen LogP contribution >= 0.6 is 23.1 Å². The maximum atomic E-state index is 10.5. The summed E-state index contributed by atoms with van der Waals surface area (Å²) in [5, 5.41) is 0.340. The number of nitrogen functional groups attached to an aromatic ring is 1. The molecule has 0 unspecified atom stereocenters. The van der Waals surface area contributed by atoms with Gasteiger partial charge in [0.1, 0.15) is 10.6 Å². The number of rotatable bonds is 1. The molecule has 0 saturated carbocycles. The molecule has 54 valence electrons. The van der Waals surface area contributed by atoms with Crippen molar-refractivity contribution in [2.45, 2.75) is 0 Å². The van der Waals surface area contributed by atoms with Crippen LogP contribution in [0.5, 0.6) is 0 Å². The Bertz CT molecular complexity index is 252. The summed E-state index contributed by atoms with van der Waals surface area (Å²) < 4.78 is 3.62. The van der Waals surface area contributed by atoms with Gasteiger partial charge in [-0.3, -0.25) is 4.79 Å². The number of amides is 1. The summed E-state index contributed by atoms with van der Waals surface area (Å²) in [6, 6.07) is 0. The largest absolute Gasteiger partial charge is 0.389 e. The highest BCUT2D eigenvalue weighted by Crippen LogP contribution is 2.24. The maximum absolute atomic E-state index is 10.5. The zero-order valence-corrected chi connectivity index (χ0v) is 6.37. The van der Waals surface area contributed by atoms with Gasteiger partial charge in [0.15, 0.2) is 5.15 Å². The van der Waals surface area contributed by atoms with Crippen molar-refractivity contribution in [3.05, 3.63) is 10.7 Å². The van der Waals surface area contributed by atoms with Crippen molar-refractivity contribution in [3.8, 4) is 0 Å². The minimum absolute atomic E-state index is 0.0787. The molecule has 1 rings (SSSR count). The first-order valence-electron chi connectivity index (χ1n) is 2.33. The average Bonchev–Trinajstić information content (AvgIpc) is 2.11. The minimum atomic E-state index is -0.642. The number of carbonyl (C=O) groups is 1. The topological polar surface area (TPSA) is 82.0 Å². The van der Waals surface area contributed by atoms with E-state index in [1.54, 1.807) is 0 Å². The van der Waals surface area contributed by atoms with Crippen LogP contribution in [0.15, 0.2) is 0 Å². The molecule has 0 aromatic carbocycles. The van der Waals surface area contributed by atoms with Gasteiger partial charge in [0.05, 0.1) is 0 Å². The highest BCUT2D eigenvalue weighted by molar-refractivity contribution is 7.10. The summed E-state index contributed by atoms with van der Waals surface area (Å²) in [6.07, 6.45) is 0. The van der Waals surface area contributed by atoms with E-state index in [4.69, 9.17) is 23.1 Å². The van der Waals surface area contributed by atoms with Crippen molar-refractivity contribution in [2.75, 3.05) is 5.73 Å². The summed E-state index contributed by atoms with van der Waals surface area (Å²) in [4.78, 5) is 10.5. The van der Waals surface area contributed by atoms with Crippen LogP contribution in [-0.4, -0.2) is 10.3 Å². The fourth-order valence-corrected chi connectivity index (χ4v) is 1.42. The first kappa shape index (κ1) is 7.30. The number of hydrogen-bond acceptors (Lipinski definition) is 4. The van der Waals surface area contributed by atoms with Crippen molar-refractivity contribution in [1.29, 1.82) is 0 Å². The zero-order valence-electron chi connectivity index (χ0n) is 4.80. The van der Waals surface area contributed by atoms with Gasteiger partial charge < -0.3 is 11.5 Å². The van der Waals surface area contributed by atoms with Crippen molar-refractivity contribution in [1.82, 2.24) is 4.37 Å². The second kappa shape index (κ2) is 2.43. The van der Waals surface area contributed by atoms with Crippen LogP contribution in [0.4, 0.5) is 5.00 Å².